The van der Waals surface area contributed by atoms with E-state index in [1.807, 2.05) is 13.2 Å². The Bertz CT molecular complexity index is 751. The van der Waals surface area contributed by atoms with Crippen molar-refractivity contribution in [1.82, 2.24) is 16.0 Å². The van der Waals surface area contributed by atoms with Gasteiger partial charge in [-0.05, 0) is 63.0 Å². The smallest absolute Gasteiger partial charge is 0.326 e. The number of nitrogens with zero attached hydrogens (tertiary/aromatic N) is 1. The SMILES string of the molecule is CCC(C)C(NC(=O)C(CCSC)NC(=O)C(CCCCN)NC(=O)C(N)CCCN=C(N)N)C(=O)O. The Labute approximate surface area is 223 Å². The predicted molar refractivity (Wildman–Crippen MR) is 147 cm³/mol. The second kappa shape index (κ2) is 19.5. The topological polar surface area (TPSA) is 241 Å². The summed E-state index contributed by atoms with van der Waals surface area (Å²) in [6.45, 7) is 4.32. The molecule has 0 saturated heterocycles. The minimum Gasteiger partial charge on any atom is -0.480 e. The first-order valence-corrected chi connectivity index (χ1v) is 14.0. The molecule has 5 atom stereocenters. The van der Waals surface area contributed by atoms with Crippen molar-refractivity contribution in [1.29, 1.82) is 0 Å². The lowest BCUT2D eigenvalue weighted by Gasteiger charge is -2.26. The Morgan fingerprint density at radius 1 is 0.919 bits per heavy atom. The van der Waals surface area contributed by atoms with Gasteiger partial charge in [0.1, 0.15) is 18.1 Å². The lowest BCUT2D eigenvalue weighted by Crippen LogP contribution is -2.57. The van der Waals surface area contributed by atoms with Crippen LogP contribution in [0.1, 0.15) is 58.8 Å². The van der Waals surface area contributed by atoms with Crippen LogP contribution in [0.15, 0.2) is 4.99 Å². The molecule has 0 fully saturated rings. The molecule has 3 amide bonds. The van der Waals surface area contributed by atoms with Crippen molar-refractivity contribution in [2.45, 2.75) is 83.0 Å². The molecule has 0 heterocycles. The average Bonchev–Trinajstić information content (AvgIpc) is 2.85. The molecule has 0 saturated carbocycles. The minimum atomic E-state index is -1.14. The van der Waals surface area contributed by atoms with E-state index in [-0.39, 0.29) is 11.9 Å². The molecule has 0 aliphatic heterocycles. The largest absolute Gasteiger partial charge is 0.480 e. The van der Waals surface area contributed by atoms with Crippen LogP contribution in [0.3, 0.4) is 0 Å². The Morgan fingerprint density at radius 2 is 1.51 bits per heavy atom. The number of nitrogens with two attached hydrogens (primary N) is 4. The highest BCUT2D eigenvalue weighted by molar-refractivity contribution is 7.98. The van der Waals surface area contributed by atoms with Gasteiger partial charge in [-0.3, -0.25) is 19.4 Å². The zero-order chi connectivity index (χ0) is 28.4. The third-order valence-corrected chi connectivity index (χ3v) is 6.55. The zero-order valence-electron chi connectivity index (χ0n) is 22.2. The van der Waals surface area contributed by atoms with Crippen molar-refractivity contribution >= 4 is 41.4 Å². The molecule has 13 nitrogen and oxygen atoms in total. The maximum Gasteiger partial charge on any atom is 0.326 e. The van der Waals surface area contributed by atoms with Crippen LogP contribution in [-0.2, 0) is 19.2 Å². The fraction of sp³-hybridized carbons (Fsp3) is 0.783. The van der Waals surface area contributed by atoms with E-state index in [1.54, 1.807) is 6.92 Å². The fourth-order valence-electron chi connectivity index (χ4n) is 3.40. The van der Waals surface area contributed by atoms with Gasteiger partial charge in [-0.25, -0.2) is 4.79 Å². The predicted octanol–water partition coefficient (Wildman–Crippen LogP) is -1.17. The van der Waals surface area contributed by atoms with E-state index < -0.39 is 47.9 Å². The minimum absolute atomic E-state index is 0.0476. The van der Waals surface area contributed by atoms with Crippen LogP contribution in [0.2, 0.25) is 0 Å². The van der Waals surface area contributed by atoms with Crippen LogP contribution in [0.25, 0.3) is 0 Å². The number of hydrogen-bond acceptors (Lipinski definition) is 8. The van der Waals surface area contributed by atoms with Crippen LogP contribution in [-0.4, -0.2) is 84.0 Å². The highest BCUT2D eigenvalue weighted by Crippen LogP contribution is 2.10. The van der Waals surface area contributed by atoms with E-state index in [0.717, 1.165) is 0 Å². The van der Waals surface area contributed by atoms with Gasteiger partial charge in [0.05, 0.1) is 6.04 Å². The number of carboxylic acids is 1. The van der Waals surface area contributed by atoms with E-state index in [9.17, 15) is 24.3 Å². The second-order valence-corrected chi connectivity index (χ2v) is 9.94. The first-order valence-electron chi connectivity index (χ1n) is 12.6. The molecule has 0 spiro atoms. The summed E-state index contributed by atoms with van der Waals surface area (Å²) in [6, 6.07) is -3.85. The number of aliphatic carboxylic acids is 1. The first-order chi connectivity index (χ1) is 17.5. The number of unbranched alkanes of at least 4 members (excludes halogenated alkanes) is 1. The van der Waals surface area contributed by atoms with Gasteiger partial charge in [-0.2, -0.15) is 11.8 Å². The molecule has 0 bridgehead atoms. The van der Waals surface area contributed by atoms with Crippen molar-refractivity contribution in [2.24, 2.45) is 33.8 Å². The lowest BCUT2D eigenvalue weighted by atomic mass is 9.98. The van der Waals surface area contributed by atoms with E-state index in [4.69, 9.17) is 22.9 Å². The van der Waals surface area contributed by atoms with Crippen LogP contribution in [0.4, 0.5) is 0 Å². The second-order valence-electron chi connectivity index (χ2n) is 8.95. The number of aliphatic imine (C=N–C) groups is 1. The molecule has 0 aliphatic carbocycles. The van der Waals surface area contributed by atoms with Gasteiger partial charge in [0.15, 0.2) is 5.96 Å². The maximum absolute atomic E-state index is 13.2. The molecule has 0 rings (SSSR count). The number of carbonyl (C=O) groups excluding carboxylic acids is 3. The van der Waals surface area contributed by atoms with Gasteiger partial charge in [-0.1, -0.05) is 20.3 Å². The number of carboxylic acid groups (broad SMARTS) is 1. The molecule has 0 radical (unpaired) electrons. The molecule has 0 aromatic heterocycles. The van der Waals surface area contributed by atoms with Gasteiger partial charge in [0.2, 0.25) is 17.7 Å². The Balaban J connectivity index is 5.43. The van der Waals surface area contributed by atoms with E-state index in [2.05, 4.69) is 20.9 Å². The van der Waals surface area contributed by atoms with Crippen molar-refractivity contribution in [3.8, 4) is 0 Å². The van der Waals surface area contributed by atoms with Gasteiger partial charge < -0.3 is 44.0 Å². The van der Waals surface area contributed by atoms with Gasteiger partial charge in [-0.15, -0.1) is 0 Å². The number of hydrogen-bond donors (Lipinski definition) is 8. The summed E-state index contributed by atoms with van der Waals surface area (Å²) >= 11 is 1.49. The van der Waals surface area contributed by atoms with Crippen LogP contribution in [0, 0.1) is 5.92 Å². The Hall–Kier alpha value is -2.58. The molecule has 0 aromatic carbocycles. The molecule has 0 aliphatic rings. The van der Waals surface area contributed by atoms with E-state index in [0.29, 0.717) is 63.8 Å². The number of amides is 3. The number of guanidine groups is 1. The lowest BCUT2D eigenvalue weighted by molar-refractivity contribution is -0.143. The average molecular weight is 547 g/mol. The van der Waals surface area contributed by atoms with Crippen molar-refractivity contribution < 1.29 is 24.3 Å². The maximum atomic E-state index is 13.2. The summed E-state index contributed by atoms with van der Waals surface area (Å²) in [5, 5.41) is 17.5. The number of thioether (sulfide) groups is 1. The van der Waals surface area contributed by atoms with E-state index >= 15 is 0 Å². The summed E-state index contributed by atoms with van der Waals surface area (Å²) in [7, 11) is 0. The van der Waals surface area contributed by atoms with Crippen molar-refractivity contribution in [3.63, 3.8) is 0 Å². The summed E-state index contributed by atoms with van der Waals surface area (Å²) in [6.07, 6.45) is 5.03. The zero-order valence-corrected chi connectivity index (χ0v) is 23.0. The number of nitrogens with one attached hydrogen (secondary N) is 3. The molecular formula is C23H46N8O5S. The fourth-order valence-corrected chi connectivity index (χ4v) is 3.88. The third kappa shape index (κ3) is 14.7. The molecule has 37 heavy (non-hydrogen) atoms. The molecule has 0 aromatic rings. The highest BCUT2D eigenvalue weighted by Gasteiger charge is 2.31. The van der Waals surface area contributed by atoms with Crippen molar-refractivity contribution in [3.05, 3.63) is 0 Å². The summed E-state index contributed by atoms with van der Waals surface area (Å²) in [5.74, 6) is -2.56. The summed E-state index contributed by atoms with van der Waals surface area (Å²) < 4.78 is 0. The van der Waals surface area contributed by atoms with E-state index in [1.165, 1.54) is 11.8 Å². The number of carbonyl (C=O) groups is 4. The Morgan fingerprint density at radius 3 is 2.05 bits per heavy atom. The Kier molecular flexibility index (Phi) is 18.2. The van der Waals surface area contributed by atoms with Gasteiger partial charge >= 0.3 is 5.97 Å². The highest BCUT2D eigenvalue weighted by atomic mass is 32.2. The number of rotatable bonds is 20. The molecule has 5 unspecified atom stereocenters. The molecule has 214 valence electrons. The normalized spacial score (nSPS) is 14.9. The molecular weight excluding hydrogens is 500 g/mol. The monoisotopic (exact) mass is 546 g/mol. The standard InChI is InChI=1S/C23H46N8O5S/c1-4-14(2)18(22(35)36)31-21(34)17(10-13-37-3)30-20(33)16(9-5-6-11-24)29-19(32)15(25)8-7-12-28-23(26)27/h14-18H,4-13,24-25H2,1-3H3,(H,29,32)(H,30,33)(H,31,34)(H,35,36)(H4,26,27,28). The third-order valence-electron chi connectivity index (χ3n) is 5.90. The van der Waals surface area contributed by atoms with Crippen LogP contribution >= 0.6 is 11.8 Å². The molecule has 14 heteroatoms. The van der Waals surface area contributed by atoms with Crippen molar-refractivity contribution in [2.75, 3.05) is 25.1 Å². The summed E-state index contributed by atoms with van der Waals surface area (Å²) in [5.41, 5.74) is 22.1. The quantitative estimate of drug-likeness (QED) is 0.0517. The van der Waals surface area contributed by atoms with Gasteiger partial charge in [0.25, 0.3) is 0 Å². The van der Waals surface area contributed by atoms with Gasteiger partial charge in [0, 0.05) is 6.54 Å². The molecule has 12 N–H and O–H groups in total. The van der Waals surface area contributed by atoms with Crippen LogP contribution in [0.5, 0.6) is 0 Å². The first kappa shape index (κ1) is 34.4. The summed E-state index contributed by atoms with van der Waals surface area (Å²) in [4.78, 5) is 54.3. The van der Waals surface area contributed by atoms with Crippen LogP contribution < -0.4 is 38.9 Å².